The number of hydrogen-bond donors (Lipinski definition) is 3. The van der Waals surface area contributed by atoms with Crippen molar-refractivity contribution >= 4 is 5.91 Å². The maximum Gasteiger partial charge on any atom is 0.236 e. The molecule has 16 heavy (non-hydrogen) atoms. The average Bonchev–Trinajstić information content (AvgIpc) is 3.04. The third kappa shape index (κ3) is 4.08. The van der Waals surface area contributed by atoms with E-state index in [-0.39, 0.29) is 24.1 Å². The molecule has 0 aromatic rings. The molecule has 0 radical (unpaired) electrons. The Morgan fingerprint density at radius 2 is 2.25 bits per heavy atom. The van der Waals surface area contributed by atoms with Crippen LogP contribution in [0.25, 0.3) is 0 Å². The van der Waals surface area contributed by atoms with Gasteiger partial charge in [-0.3, -0.25) is 10.1 Å². The van der Waals surface area contributed by atoms with Gasteiger partial charge in [0.05, 0.1) is 12.6 Å². The number of amides is 1. The fourth-order valence-electron chi connectivity index (χ4n) is 1.60. The van der Waals surface area contributed by atoms with Crippen molar-refractivity contribution in [2.75, 3.05) is 26.9 Å². The van der Waals surface area contributed by atoms with Crippen LogP contribution in [-0.4, -0.2) is 49.5 Å². The summed E-state index contributed by atoms with van der Waals surface area (Å²) in [5.74, 6) is -0.0178. The summed E-state index contributed by atoms with van der Waals surface area (Å²) in [6.07, 6.45) is 2.72. The lowest BCUT2D eigenvalue weighted by atomic mass is 10.2. The van der Waals surface area contributed by atoms with E-state index < -0.39 is 0 Å². The molecule has 0 heterocycles. The van der Waals surface area contributed by atoms with E-state index in [0.717, 1.165) is 19.3 Å². The highest BCUT2D eigenvalue weighted by atomic mass is 16.5. The van der Waals surface area contributed by atoms with Crippen LogP contribution in [0.2, 0.25) is 0 Å². The van der Waals surface area contributed by atoms with Gasteiger partial charge in [0.15, 0.2) is 0 Å². The van der Waals surface area contributed by atoms with E-state index in [9.17, 15) is 4.79 Å². The smallest absolute Gasteiger partial charge is 0.236 e. The van der Waals surface area contributed by atoms with Crippen molar-refractivity contribution in [1.29, 1.82) is 0 Å². The predicted octanol–water partition coefficient (Wildman–Crippen LogP) is -0.358. The lowest BCUT2D eigenvalue weighted by molar-refractivity contribution is -0.123. The Labute approximate surface area is 96.6 Å². The van der Waals surface area contributed by atoms with Crippen LogP contribution in [0.3, 0.4) is 0 Å². The molecule has 5 heteroatoms. The Morgan fingerprint density at radius 1 is 1.56 bits per heavy atom. The lowest BCUT2D eigenvalue weighted by Gasteiger charge is -2.20. The molecule has 3 N–H and O–H groups in total. The second-order valence-corrected chi connectivity index (χ2v) is 4.44. The second kappa shape index (κ2) is 6.18. The molecule has 0 aromatic carbocycles. The molecule has 0 aromatic heterocycles. The minimum absolute atomic E-state index is 0.0178. The summed E-state index contributed by atoms with van der Waals surface area (Å²) in [6.45, 7) is 3.21. The molecule has 1 fully saturated rings. The van der Waals surface area contributed by atoms with Gasteiger partial charge >= 0.3 is 0 Å². The van der Waals surface area contributed by atoms with Crippen molar-refractivity contribution < 1.29 is 14.6 Å². The topological polar surface area (TPSA) is 70.6 Å². The number of aliphatic hydroxyl groups excluding tert-OH is 1. The van der Waals surface area contributed by atoms with Crippen LogP contribution in [0, 0.1) is 0 Å². The van der Waals surface area contributed by atoms with E-state index in [4.69, 9.17) is 9.84 Å². The predicted molar refractivity (Wildman–Crippen MR) is 61.2 cm³/mol. The van der Waals surface area contributed by atoms with Crippen LogP contribution in [-0.2, 0) is 9.53 Å². The van der Waals surface area contributed by atoms with Crippen LogP contribution >= 0.6 is 0 Å². The Kier molecular flexibility index (Phi) is 5.18. The zero-order valence-electron chi connectivity index (χ0n) is 10.1. The van der Waals surface area contributed by atoms with E-state index in [1.54, 1.807) is 7.11 Å². The molecule has 0 aliphatic heterocycles. The molecular formula is C11H22N2O3. The van der Waals surface area contributed by atoms with Gasteiger partial charge in [0.2, 0.25) is 5.91 Å². The highest BCUT2D eigenvalue weighted by Crippen LogP contribution is 2.34. The first-order valence-electron chi connectivity index (χ1n) is 5.79. The van der Waals surface area contributed by atoms with Crippen molar-refractivity contribution in [3.63, 3.8) is 0 Å². The fourth-order valence-corrected chi connectivity index (χ4v) is 1.60. The monoisotopic (exact) mass is 230 g/mol. The number of carbonyl (C=O) groups is 1. The van der Waals surface area contributed by atoms with Gasteiger partial charge in [0.1, 0.15) is 0 Å². The summed E-state index contributed by atoms with van der Waals surface area (Å²) in [7, 11) is 1.64. The van der Waals surface area contributed by atoms with E-state index >= 15 is 0 Å². The minimum Gasteiger partial charge on any atom is -0.394 e. The molecular weight excluding hydrogens is 208 g/mol. The normalized spacial score (nSPS) is 19.2. The molecule has 1 saturated carbocycles. The van der Waals surface area contributed by atoms with Gasteiger partial charge in [0.25, 0.3) is 0 Å². The summed E-state index contributed by atoms with van der Waals surface area (Å²) >= 11 is 0. The van der Waals surface area contributed by atoms with E-state index in [1.165, 1.54) is 0 Å². The SMILES string of the molecule is COCCCNC(=O)C(C)NC1(CO)CC1. The van der Waals surface area contributed by atoms with Crippen LogP contribution in [0.15, 0.2) is 0 Å². The first-order chi connectivity index (χ1) is 7.63. The summed E-state index contributed by atoms with van der Waals surface area (Å²) < 4.78 is 4.89. The average molecular weight is 230 g/mol. The van der Waals surface area contributed by atoms with Gasteiger partial charge in [-0.05, 0) is 26.2 Å². The summed E-state index contributed by atoms with van der Waals surface area (Å²) in [6, 6.07) is -0.253. The first kappa shape index (κ1) is 13.4. The number of hydrogen-bond acceptors (Lipinski definition) is 4. The maximum atomic E-state index is 11.6. The van der Waals surface area contributed by atoms with Crippen LogP contribution in [0.4, 0.5) is 0 Å². The quantitative estimate of drug-likeness (QED) is 0.498. The third-order valence-electron chi connectivity index (χ3n) is 2.90. The second-order valence-electron chi connectivity index (χ2n) is 4.44. The van der Waals surface area contributed by atoms with Crippen molar-refractivity contribution in [3.05, 3.63) is 0 Å². The zero-order chi connectivity index (χ0) is 12.0. The number of ether oxygens (including phenoxy) is 1. The first-order valence-corrected chi connectivity index (χ1v) is 5.79. The van der Waals surface area contributed by atoms with Crippen molar-refractivity contribution in [2.24, 2.45) is 0 Å². The number of methoxy groups -OCH3 is 1. The summed E-state index contributed by atoms with van der Waals surface area (Å²) in [4.78, 5) is 11.6. The van der Waals surface area contributed by atoms with Crippen LogP contribution in [0.5, 0.6) is 0 Å². The number of aliphatic hydroxyl groups is 1. The lowest BCUT2D eigenvalue weighted by Crippen LogP contribution is -2.49. The Morgan fingerprint density at radius 3 is 2.75 bits per heavy atom. The molecule has 1 aliphatic rings. The van der Waals surface area contributed by atoms with Gasteiger partial charge in [-0.25, -0.2) is 0 Å². The van der Waals surface area contributed by atoms with Crippen molar-refractivity contribution in [1.82, 2.24) is 10.6 Å². The van der Waals surface area contributed by atoms with Gasteiger partial charge in [0, 0.05) is 25.8 Å². The highest BCUT2D eigenvalue weighted by Gasteiger charge is 2.43. The van der Waals surface area contributed by atoms with Crippen molar-refractivity contribution in [3.8, 4) is 0 Å². The molecule has 1 amide bonds. The maximum absolute atomic E-state index is 11.6. The van der Waals surface area contributed by atoms with E-state index in [0.29, 0.717) is 13.2 Å². The van der Waals surface area contributed by atoms with Crippen molar-refractivity contribution in [2.45, 2.75) is 37.8 Å². The number of carbonyl (C=O) groups excluding carboxylic acids is 1. The van der Waals surface area contributed by atoms with Gasteiger partial charge in [-0.15, -0.1) is 0 Å². The molecule has 1 atom stereocenters. The highest BCUT2D eigenvalue weighted by molar-refractivity contribution is 5.81. The molecule has 1 rings (SSSR count). The molecule has 0 spiro atoms. The molecule has 94 valence electrons. The third-order valence-corrected chi connectivity index (χ3v) is 2.90. The Balaban J connectivity index is 2.15. The zero-order valence-corrected chi connectivity index (χ0v) is 10.1. The minimum atomic E-state index is -0.253. The van der Waals surface area contributed by atoms with Gasteiger partial charge in [-0.1, -0.05) is 0 Å². The van der Waals surface area contributed by atoms with E-state index in [2.05, 4.69) is 10.6 Å². The number of nitrogens with one attached hydrogen (secondary N) is 2. The molecule has 0 saturated heterocycles. The summed E-state index contributed by atoms with van der Waals surface area (Å²) in [5, 5.41) is 15.1. The largest absolute Gasteiger partial charge is 0.394 e. The Hall–Kier alpha value is -0.650. The molecule has 0 bridgehead atoms. The Bertz CT molecular complexity index is 229. The molecule has 1 aliphatic carbocycles. The van der Waals surface area contributed by atoms with Gasteiger partial charge in [-0.2, -0.15) is 0 Å². The summed E-state index contributed by atoms with van der Waals surface area (Å²) in [5.41, 5.74) is -0.191. The van der Waals surface area contributed by atoms with Crippen LogP contribution in [0.1, 0.15) is 26.2 Å². The standard InChI is InChI=1S/C11H22N2O3/c1-9(13-11(8-14)4-5-11)10(15)12-6-3-7-16-2/h9,13-14H,3-8H2,1-2H3,(H,12,15). The molecule has 5 nitrogen and oxygen atoms in total. The number of rotatable bonds is 8. The van der Waals surface area contributed by atoms with E-state index in [1.807, 2.05) is 6.92 Å². The fraction of sp³-hybridized carbons (Fsp3) is 0.909. The van der Waals surface area contributed by atoms with Gasteiger partial charge < -0.3 is 15.2 Å². The van der Waals surface area contributed by atoms with Crippen LogP contribution < -0.4 is 10.6 Å². The molecule has 1 unspecified atom stereocenters.